The number of carbonyl (C=O) groups is 1. The fraction of sp³-hybridized carbons (Fsp3) is 0.800. The van der Waals surface area contributed by atoms with Crippen molar-refractivity contribution in [1.82, 2.24) is 0 Å². The first kappa shape index (κ1) is 13.5. The van der Waals surface area contributed by atoms with Gasteiger partial charge in [0.05, 0.1) is 0 Å². The summed E-state index contributed by atoms with van der Waals surface area (Å²) in [5.74, 6) is 1.15. The van der Waals surface area contributed by atoms with Crippen LogP contribution < -0.4 is 0 Å². The Morgan fingerprint density at radius 1 is 1.25 bits per heavy atom. The second kappa shape index (κ2) is 5.16. The van der Waals surface area contributed by atoms with E-state index in [9.17, 15) is 4.79 Å². The number of ketones is 1. The molecule has 1 heteroatoms. The fourth-order valence-electron chi connectivity index (χ4n) is 2.71. The van der Waals surface area contributed by atoms with E-state index in [4.69, 9.17) is 0 Å². The van der Waals surface area contributed by atoms with Gasteiger partial charge in [0.1, 0.15) is 0 Å². The molecule has 0 fully saturated rings. The molecular formula is C15H26O. The molecule has 0 N–H and O–H groups in total. The van der Waals surface area contributed by atoms with Crippen molar-refractivity contribution in [2.75, 3.05) is 0 Å². The third-order valence-electron chi connectivity index (χ3n) is 3.44. The molecule has 0 unspecified atom stereocenters. The van der Waals surface area contributed by atoms with Crippen LogP contribution in [0.3, 0.4) is 0 Å². The molecule has 0 heterocycles. The SMILES string of the molecule is CC1=C(CCCC(C)C)C(=O)CC(C)(C)C1. The first-order valence-corrected chi connectivity index (χ1v) is 6.53. The van der Waals surface area contributed by atoms with Gasteiger partial charge in [-0.15, -0.1) is 0 Å². The number of hydrogen-bond acceptors (Lipinski definition) is 1. The van der Waals surface area contributed by atoms with Gasteiger partial charge in [-0.3, -0.25) is 4.79 Å². The molecule has 92 valence electrons. The van der Waals surface area contributed by atoms with Crippen molar-refractivity contribution in [1.29, 1.82) is 0 Å². The zero-order valence-electron chi connectivity index (χ0n) is 11.5. The van der Waals surface area contributed by atoms with Crippen LogP contribution in [0.4, 0.5) is 0 Å². The standard InChI is InChI=1S/C15H26O/c1-11(2)7-6-8-13-12(3)9-15(4,5)10-14(13)16/h11H,6-10H2,1-5H3. The van der Waals surface area contributed by atoms with Gasteiger partial charge in [0.2, 0.25) is 0 Å². The Kier molecular flexibility index (Phi) is 4.35. The topological polar surface area (TPSA) is 17.1 Å². The Balaban J connectivity index is 2.61. The number of Topliss-reactive ketones (excluding diaryl/α,β-unsaturated/α-hetero) is 1. The maximum absolute atomic E-state index is 12.0. The van der Waals surface area contributed by atoms with Crippen LogP contribution in [0.25, 0.3) is 0 Å². The minimum atomic E-state index is 0.183. The van der Waals surface area contributed by atoms with E-state index in [1.165, 1.54) is 12.0 Å². The average Bonchev–Trinajstić information content (AvgIpc) is 2.07. The monoisotopic (exact) mass is 222 g/mol. The number of carbonyl (C=O) groups excluding carboxylic acids is 1. The highest BCUT2D eigenvalue weighted by atomic mass is 16.1. The van der Waals surface area contributed by atoms with E-state index in [-0.39, 0.29) is 5.41 Å². The van der Waals surface area contributed by atoms with E-state index in [1.54, 1.807) is 0 Å². The molecule has 0 radical (unpaired) electrons. The summed E-state index contributed by atoms with van der Waals surface area (Å²) in [6, 6.07) is 0. The van der Waals surface area contributed by atoms with Gasteiger partial charge < -0.3 is 0 Å². The molecule has 0 saturated carbocycles. The van der Waals surface area contributed by atoms with Gasteiger partial charge in [-0.05, 0) is 43.1 Å². The highest BCUT2D eigenvalue weighted by molar-refractivity contribution is 5.97. The van der Waals surface area contributed by atoms with E-state index < -0.39 is 0 Å². The van der Waals surface area contributed by atoms with Crippen LogP contribution in [-0.4, -0.2) is 5.78 Å². The highest BCUT2D eigenvalue weighted by Crippen LogP contribution is 2.38. The molecule has 16 heavy (non-hydrogen) atoms. The Morgan fingerprint density at radius 3 is 2.38 bits per heavy atom. The lowest BCUT2D eigenvalue weighted by molar-refractivity contribution is -0.118. The molecule has 0 aromatic heterocycles. The smallest absolute Gasteiger partial charge is 0.159 e. The summed E-state index contributed by atoms with van der Waals surface area (Å²) in [7, 11) is 0. The lowest BCUT2D eigenvalue weighted by Crippen LogP contribution is -2.25. The Bertz CT molecular complexity index is 295. The maximum Gasteiger partial charge on any atom is 0.159 e. The first-order chi connectivity index (χ1) is 7.32. The van der Waals surface area contributed by atoms with Gasteiger partial charge in [-0.25, -0.2) is 0 Å². The Morgan fingerprint density at radius 2 is 1.88 bits per heavy atom. The molecule has 0 saturated heterocycles. The third-order valence-corrected chi connectivity index (χ3v) is 3.44. The first-order valence-electron chi connectivity index (χ1n) is 6.53. The van der Waals surface area contributed by atoms with Crippen LogP contribution in [-0.2, 0) is 4.79 Å². The third kappa shape index (κ3) is 3.77. The van der Waals surface area contributed by atoms with Gasteiger partial charge in [0, 0.05) is 6.42 Å². The minimum Gasteiger partial charge on any atom is -0.295 e. The summed E-state index contributed by atoms with van der Waals surface area (Å²) >= 11 is 0. The normalized spacial score (nSPS) is 20.8. The molecule has 1 aliphatic carbocycles. The summed E-state index contributed by atoms with van der Waals surface area (Å²) in [5, 5.41) is 0. The molecule has 0 spiro atoms. The van der Waals surface area contributed by atoms with E-state index in [1.807, 2.05) is 0 Å². The van der Waals surface area contributed by atoms with Crippen molar-refractivity contribution in [3.05, 3.63) is 11.1 Å². The van der Waals surface area contributed by atoms with Gasteiger partial charge in [0.15, 0.2) is 5.78 Å². The largest absolute Gasteiger partial charge is 0.295 e. The zero-order valence-corrected chi connectivity index (χ0v) is 11.5. The van der Waals surface area contributed by atoms with Crippen molar-refractivity contribution in [3.63, 3.8) is 0 Å². The van der Waals surface area contributed by atoms with Gasteiger partial charge in [-0.1, -0.05) is 39.7 Å². The van der Waals surface area contributed by atoms with Crippen molar-refractivity contribution in [2.24, 2.45) is 11.3 Å². The van der Waals surface area contributed by atoms with E-state index in [0.29, 0.717) is 5.78 Å². The number of hydrogen-bond donors (Lipinski definition) is 0. The zero-order chi connectivity index (χ0) is 12.3. The van der Waals surface area contributed by atoms with E-state index in [2.05, 4.69) is 34.6 Å². The van der Waals surface area contributed by atoms with Gasteiger partial charge in [-0.2, -0.15) is 0 Å². The van der Waals surface area contributed by atoms with Crippen molar-refractivity contribution in [2.45, 2.75) is 66.7 Å². The average molecular weight is 222 g/mol. The maximum atomic E-state index is 12.0. The van der Waals surface area contributed by atoms with Gasteiger partial charge >= 0.3 is 0 Å². The lowest BCUT2D eigenvalue weighted by atomic mass is 9.73. The minimum absolute atomic E-state index is 0.183. The predicted molar refractivity (Wildman–Crippen MR) is 69.4 cm³/mol. The van der Waals surface area contributed by atoms with Crippen LogP contribution in [0.1, 0.15) is 66.7 Å². The predicted octanol–water partition coefficient (Wildman–Crippen LogP) is 4.52. The molecule has 0 atom stereocenters. The molecule has 0 aromatic carbocycles. The number of allylic oxidation sites excluding steroid dienone is 2. The van der Waals surface area contributed by atoms with E-state index in [0.717, 1.165) is 37.2 Å². The molecular weight excluding hydrogens is 196 g/mol. The second-order valence-electron chi connectivity index (χ2n) is 6.49. The summed E-state index contributed by atoms with van der Waals surface area (Å²) in [6.45, 7) is 11.0. The lowest BCUT2D eigenvalue weighted by Gasteiger charge is -2.31. The van der Waals surface area contributed by atoms with Crippen LogP contribution in [0.2, 0.25) is 0 Å². The molecule has 1 aliphatic rings. The molecule has 1 nitrogen and oxygen atoms in total. The second-order valence-corrected chi connectivity index (χ2v) is 6.49. The molecule has 0 aliphatic heterocycles. The Hall–Kier alpha value is -0.590. The van der Waals surface area contributed by atoms with Crippen LogP contribution in [0, 0.1) is 11.3 Å². The molecule has 0 bridgehead atoms. The highest BCUT2D eigenvalue weighted by Gasteiger charge is 2.30. The van der Waals surface area contributed by atoms with Crippen LogP contribution in [0.15, 0.2) is 11.1 Å². The van der Waals surface area contributed by atoms with Crippen molar-refractivity contribution >= 4 is 5.78 Å². The number of rotatable bonds is 4. The molecule has 0 amide bonds. The summed E-state index contributed by atoms with van der Waals surface area (Å²) in [5.41, 5.74) is 2.66. The van der Waals surface area contributed by atoms with Crippen LogP contribution in [0.5, 0.6) is 0 Å². The Labute approximate surface area is 100 Å². The van der Waals surface area contributed by atoms with Crippen molar-refractivity contribution in [3.8, 4) is 0 Å². The van der Waals surface area contributed by atoms with E-state index >= 15 is 0 Å². The fourth-order valence-corrected chi connectivity index (χ4v) is 2.71. The van der Waals surface area contributed by atoms with Gasteiger partial charge in [0.25, 0.3) is 0 Å². The summed E-state index contributed by atoms with van der Waals surface area (Å²) in [4.78, 5) is 12.0. The quantitative estimate of drug-likeness (QED) is 0.683. The van der Waals surface area contributed by atoms with Crippen LogP contribution >= 0.6 is 0 Å². The van der Waals surface area contributed by atoms with Crippen molar-refractivity contribution < 1.29 is 4.79 Å². The summed E-state index contributed by atoms with van der Waals surface area (Å²) in [6.07, 6.45) is 5.22. The molecule has 1 rings (SSSR count). The molecule has 0 aromatic rings. The summed E-state index contributed by atoms with van der Waals surface area (Å²) < 4.78 is 0.